The molecule has 0 aliphatic heterocycles. The first-order chi connectivity index (χ1) is 9.24. The Morgan fingerprint density at radius 3 is 2.68 bits per heavy atom. The summed E-state index contributed by atoms with van der Waals surface area (Å²) in [6, 6.07) is 6.75. The Morgan fingerprint density at radius 2 is 2.05 bits per heavy atom. The fourth-order valence-electron chi connectivity index (χ4n) is 2.33. The van der Waals surface area contributed by atoms with Crippen LogP contribution in [-0.4, -0.2) is 31.0 Å². The van der Waals surface area contributed by atoms with Gasteiger partial charge in [-0.1, -0.05) is 6.42 Å². The van der Waals surface area contributed by atoms with E-state index in [1.54, 1.807) is 31.4 Å². The molecular weight excluding hydrogens is 248 g/mol. The number of ether oxygens (including phenoxy) is 2. The molecule has 1 aromatic carbocycles. The van der Waals surface area contributed by atoms with E-state index in [0.717, 1.165) is 19.3 Å². The number of carbonyl (C=O) groups excluding carboxylic acids is 1. The second-order valence-electron chi connectivity index (χ2n) is 4.66. The summed E-state index contributed by atoms with van der Waals surface area (Å²) in [5.41, 5.74) is 0.486. The topological polar surface area (TPSA) is 65.0 Å². The molecular formula is C14H18O5. The summed E-state index contributed by atoms with van der Waals surface area (Å²) in [6.07, 6.45) is 2.47. The molecule has 1 fully saturated rings. The summed E-state index contributed by atoms with van der Waals surface area (Å²) in [6.45, 7) is 0.274. The van der Waals surface area contributed by atoms with Gasteiger partial charge in [0.1, 0.15) is 5.75 Å². The Labute approximate surface area is 112 Å². The van der Waals surface area contributed by atoms with Crippen molar-refractivity contribution in [3.8, 4) is 5.75 Å². The monoisotopic (exact) mass is 266 g/mol. The molecule has 0 radical (unpaired) electrons. The molecule has 1 aliphatic rings. The fraction of sp³-hybridized carbons (Fsp3) is 0.500. The lowest BCUT2D eigenvalue weighted by atomic mass is 10.1. The Balaban J connectivity index is 1.86. The first-order valence-corrected chi connectivity index (χ1v) is 6.36. The normalized spacial score (nSPS) is 22.2. The Kier molecular flexibility index (Phi) is 4.76. The van der Waals surface area contributed by atoms with Crippen molar-refractivity contribution in [3.63, 3.8) is 0 Å². The van der Waals surface area contributed by atoms with Gasteiger partial charge in [-0.05, 0) is 37.1 Å². The Morgan fingerprint density at radius 1 is 1.32 bits per heavy atom. The minimum atomic E-state index is -0.369. The van der Waals surface area contributed by atoms with Crippen molar-refractivity contribution in [2.24, 2.45) is 5.92 Å². The van der Waals surface area contributed by atoms with Crippen molar-refractivity contribution in [3.05, 3.63) is 29.8 Å². The second-order valence-corrected chi connectivity index (χ2v) is 4.66. The van der Waals surface area contributed by atoms with Gasteiger partial charge in [0.05, 0.1) is 25.4 Å². The quantitative estimate of drug-likeness (QED) is 0.504. The molecule has 1 saturated carbocycles. The minimum Gasteiger partial charge on any atom is -0.497 e. The third-order valence-corrected chi connectivity index (χ3v) is 3.48. The van der Waals surface area contributed by atoms with Gasteiger partial charge >= 0.3 is 5.97 Å². The second kappa shape index (κ2) is 6.54. The lowest BCUT2D eigenvalue weighted by Crippen LogP contribution is -2.23. The van der Waals surface area contributed by atoms with Crippen LogP contribution in [0.1, 0.15) is 29.6 Å². The highest BCUT2D eigenvalue weighted by Crippen LogP contribution is 2.28. The maximum atomic E-state index is 11.8. The smallest absolute Gasteiger partial charge is 0.338 e. The van der Waals surface area contributed by atoms with E-state index in [1.807, 2.05) is 0 Å². The van der Waals surface area contributed by atoms with Crippen LogP contribution in [0.2, 0.25) is 0 Å². The van der Waals surface area contributed by atoms with Crippen molar-refractivity contribution >= 4 is 5.97 Å². The summed E-state index contributed by atoms with van der Waals surface area (Å²) in [5.74, 6) is 0.402. The standard InChI is InChI=1S/C14H18O5/c1-17-12-7-5-10(6-8-12)14(15)18-9-11-3-2-4-13(11)19-16/h5-8,11,13,16H,2-4,9H2,1H3/t11-,13-/m0/s1. The van der Waals surface area contributed by atoms with Crippen molar-refractivity contribution in [1.82, 2.24) is 0 Å². The third-order valence-electron chi connectivity index (χ3n) is 3.48. The molecule has 0 saturated heterocycles. The number of rotatable bonds is 5. The predicted molar refractivity (Wildman–Crippen MR) is 68.1 cm³/mol. The molecule has 0 unspecified atom stereocenters. The molecule has 0 aromatic heterocycles. The SMILES string of the molecule is COc1ccc(C(=O)OC[C@@H]2CCC[C@@H]2OO)cc1. The van der Waals surface area contributed by atoms with Crippen molar-refractivity contribution in [2.45, 2.75) is 25.4 Å². The summed E-state index contributed by atoms with van der Waals surface area (Å²) in [4.78, 5) is 16.2. The largest absolute Gasteiger partial charge is 0.497 e. The van der Waals surface area contributed by atoms with Gasteiger partial charge in [0.2, 0.25) is 0 Å². The number of carbonyl (C=O) groups is 1. The molecule has 0 spiro atoms. The van der Waals surface area contributed by atoms with E-state index in [0.29, 0.717) is 11.3 Å². The number of benzene rings is 1. The van der Waals surface area contributed by atoms with Crippen LogP contribution in [0.15, 0.2) is 24.3 Å². The van der Waals surface area contributed by atoms with Gasteiger partial charge in [-0.15, -0.1) is 0 Å². The van der Waals surface area contributed by atoms with Crippen molar-refractivity contribution in [1.29, 1.82) is 0 Å². The van der Waals surface area contributed by atoms with Crippen LogP contribution in [0.3, 0.4) is 0 Å². The number of hydrogen-bond acceptors (Lipinski definition) is 5. The highest BCUT2D eigenvalue weighted by atomic mass is 17.1. The van der Waals surface area contributed by atoms with Crippen molar-refractivity contribution < 1.29 is 24.4 Å². The van der Waals surface area contributed by atoms with Gasteiger partial charge in [-0.2, -0.15) is 0 Å². The number of hydrogen-bond donors (Lipinski definition) is 1. The zero-order valence-corrected chi connectivity index (χ0v) is 10.9. The van der Waals surface area contributed by atoms with Crippen LogP contribution in [-0.2, 0) is 9.62 Å². The zero-order chi connectivity index (χ0) is 13.7. The van der Waals surface area contributed by atoms with Gasteiger partial charge in [0.25, 0.3) is 0 Å². The number of methoxy groups -OCH3 is 1. The highest BCUT2D eigenvalue weighted by Gasteiger charge is 2.29. The molecule has 5 heteroatoms. The van der Waals surface area contributed by atoms with Gasteiger partial charge in [-0.3, -0.25) is 5.26 Å². The first-order valence-electron chi connectivity index (χ1n) is 6.36. The first kappa shape index (κ1) is 13.8. The highest BCUT2D eigenvalue weighted by molar-refractivity contribution is 5.89. The predicted octanol–water partition coefficient (Wildman–Crippen LogP) is 2.51. The average Bonchev–Trinajstić information content (AvgIpc) is 2.92. The maximum absolute atomic E-state index is 11.8. The van der Waals surface area contributed by atoms with Crippen molar-refractivity contribution in [2.75, 3.05) is 13.7 Å². The summed E-state index contributed by atoms with van der Waals surface area (Å²) < 4.78 is 10.3. The zero-order valence-electron chi connectivity index (χ0n) is 10.9. The van der Waals surface area contributed by atoms with E-state index in [4.69, 9.17) is 14.7 Å². The molecule has 1 aromatic rings. The van der Waals surface area contributed by atoms with Gasteiger partial charge in [0.15, 0.2) is 0 Å². The molecule has 0 heterocycles. The molecule has 104 valence electrons. The van der Waals surface area contributed by atoms with E-state index in [1.165, 1.54) is 0 Å². The summed E-state index contributed by atoms with van der Waals surface area (Å²) in [5, 5.41) is 8.72. The van der Waals surface area contributed by atoms with Crippen LogP contribution in [0.5, 0.6) is 5.75 Å². The van der Waals surface area contributed by atoms with E-state index >= 15 is 0 Å². The third kappa shape index (κ3) is 3.45. The van der Waals surface area contributed by atoms with Gasteiger partial charge in [-0.25, -0.2) is 9.68 Å². The molecule has 2 rings (SSSR count). The van der Waals surface area contributed by atoms with Crippen LogP contribution >= 0.6 is 0 Å². The molecule has 0 bridgehead atoms. The van der Waals surface area contributed by atoms with E-state index in [-0.39, 0.29) is 24.6 Å². The molecule has 19 heavy (non-hydrogen) atoms. The van der Waals surface area contributed by atoms with Gasteiger partial charge in [0, 0.05) is 5.92 Å². The lowest BCUT2D eigenvalue weighted by molar-refractivity contribution is -0.287. The van der Waals surface area contributed by atoms with E-state index in [2.05, 4.69) is 4.89 Å². The van der Waals surface area contributed by atoms with Crippen LogP contribution in [0.25, 0.3) is 0 Å². The summed E-state index contributed by atoms with van der Waals surface area (Å²) >= 11 is 0. The molecule has 0 amide bonds. The van der Waals surface area contributed by atoms with E-state index < -0.39 is 0 Å². The van der Waals surface area contributed by atoms with Crippen LogP contribution in [0, 0.1) is 5.92 Å². The molecule has 1 aliphatic carbocycles. The van der Waals surface area contributed by atoms with E-state index in [9.17, 15) is 4.79 Å². The van der Waals surface area contributed by atoms with Crippen LogP contribution < -0.4 is 4.74 Å². The molecule has 5 nitrogen and oxygen atoms in total. The van der Waals surface area contributed by atoms with Crippen LogP contribution in [0.4, 0.5) is 0 Å². The lowest BCUT2D eigenvalue weighted by Gasteiger charge is -2.16. The average molecular weight is 266 g/mol. The number of esters is 1. The summed E-state index contributed by atoms with van der Waals surface area (Å²) in [7, 11) is 1.57. The Bertz CT molecular complexity index is 414. The minimum absolute atomic E-state index is 0.0761. The van der Waals surface area contributed by atoms with Gasteiger partial charge < -0.3 is 9.47 Å². The Hall–Kier alpha value is -1.59. The fourth-order valence-corrected chi connectivity index (χ4v) is 2.33. The molecule has 1 N–H and O–H groups in total. The molecule has 2 atom stereocenters. The maximum Gasteiger partial charge on any atom is 0.338 e.